The fourth-order valence-electron chi connectivity index (χ4n) is 1.94. The van der Waals surface area contributed by atoms with Gasteiger partial charge in [0, 0.05) is 24.0 Å². The molecule has 2 aromatic rings. The molecular formula is C16H13FN2O6S. The van der Waals surface area contributed by atoms with Crippen LogP contribution in [0.3, 0.4) is 0 Å². The Kier molecular flexibility index (Phi) is 6.50. The van der Waals surface area contributed by atoms with Gasteiger partial charge in [-0.1, -0.05) is 12.1 Å². The van der Waals surface area contributed by atoms with Gasteiger partial charge in [-0.3, -0.25) is 19.6 Å². The molecule has 8 nitrogen and oxygen atoms in total. The Bertz CT molecular complexity index is 845. The predicted molar refractivity (Wildman–Crippen MR) is 91.4 cm³/mol. The lowest BCUT2D eigenvalue weighted by Crippen LogP contribution is -2.19. The van der Waals surface area contributed by atoms with E-state index in [-0.39, 0.29) is 22.8 Å². The number of benzene rings is 2. The first-order valence-electron chi connectivity index (χ1n) is 7.16. The van der Waals surface area contributed by atoms with Gasteiger partial charge in [0.25, 0.3) is 11.6 Å². The van der Waals surface area contributed by atoms with Crippen molar-refractivity contribution in [1.82, 2.24) is 4.72 Å². The maximum absolute atomic E-state index is 13.3. The van der Waals surface area contributed by atoms with Gasteiger partial charge in [0.1, 0.15) is 11.6 Å². The molecule has 0 spiro atoms. The molecule has 1 amide bonds. The topological polar surface area (TPSA) is 119 Å². The fourth-order valence-corrected chi connectivity index (χ4v) is 2.60. The molecule has 0 aliphatic rings. The van der Waals surface area contributed by atoms with E-state index in [1.165, 1.54) is 24.3 Å². The van der Waals surface area contributed by atoms with Crippen LogP contribution in [0, 0.1) is 15.9 Å². The quantitative estimate of drug-likeness (QED) is 0.410. The Labute approximate surface area is 151 Å². The van der Waals surface area contributed by atoms with Gasteiger partial charge >= 0.3 is 5.97 Å². The monoisotopic (exact) mass is 380 g/mol. The van der Waals surface area contributed by atoms with Crippen LogP contribution in [-0.4, -0.2) is 28.5 Å². The van der Waals surface area contributed by atoms with Crippen LogP contribution in [0.5, 0.6) is 5.75 Å². The number of nitro groups is 1. The van der Waals surface area contributed by atoms with Gasteiger partial charge in [0.05, 0.1) is 10.5 Å². The average molecular weight is 380 g/mol. The SMILES string of the molecule is O=C(O)COc1cc(F)ccc1C(=O)NSCc1cccc([N+](=O)[O-])c1. The number of carboxylic acids is 1. The normalized spacial score (nSPS) is 10.2. The van der Waals surface area contributed by atoms with E-state index in [0.717, 1.165) is 24.1 Å². The van der Waals surface area contributed by atoms with Crippen molar-refractivity contribution in [1.29, 1.82) is 0 Å². The van der Waals surface area contributed by atoms with E-state index in [0.29, 0.717) is 5.56 Å². The number of amides is 1. The van der Waals surface area contributed by atoms with Crippen molar-refractivity contribution in [3.05, 3.63) is 69.5 Å². The zero-order chi connectivity index (χ0) is 19.1. The number of halogens is 1. The lowest BCUT2D eigenvalue weighted by Gasteiger charge is -2.10. The summed E-state index contributed by atoms with van der Waals surface area (Å²) < 4.78 is 20.7. The van der Waals surface area contributed by atoms with E-state index in [1.807, 2.05) is 0 Å². The molecule has 0 fully saturated rings. The number of carbonyl (C=O) groups excluding carboxylic acids is 1. The van der Waals surface area contributed by atoms with E-state index in [9.17, 15) is 24.1 Å². The van der Waals surface area contributed by atoms with Crippen LogP contribution in [0.2, 0.25) is 0 Å². The van der Waals surface area contributed by atoms with Crippen molar-refractivity contribution in [3.8, 4) is 5.75 Å². The van der Waals surface area contributed by atoms with Crippen molar-refractivity contribution in [3.63, 3.8) is 0 Å². The Morgan fingerprint density at radius 2 is 2.04 bits per heavy atom. The molecule has 10 heteroatoms. The van der Waals surface area contributed by atoms with Crippen LogP contribution >= 0.6 is 11.9 Å². The van der Waals surface area contributed by atoms with Crippen molar-refractivity contribution in [2.24, 2.45) is 0 Å². The summed E-state index contributed by atoms with van der Waals surface area (Å²) in [6, 6.07) is 9.10. The van der Waals surface area contributed by atoms with E-state index in [1.54, 1.807) is 6.07 Å². The second-order valence-electron chi connectivity index (χ2n) is 4.97. The second-order valence-corrected chi connectivity index (χ2v) is 5.75. The summed E-state index contributed by atoms with van der Waals surface area (Å²) >= 11 is 0.979. The van der Waals surface area contributed by atoms with Gasteiger partial charge < -0.3 is 9.84 Å². The Morgan fingerprint density at radius 3 is 2.73 bits per heavy atom. The fraction of sp³-hybridized carbons (Fsp3) is 0.125. The maximum atomic E-state index is 13.3. The molecule has 0 aliphatic carbocycles. The van der Waals surface area contributed by atoms with Crippen LogP contribution in [0.4, 0.5) is 10.1 Å². The third-order valence-electron chi connectivity index (χ3n) is 3.06. The van der Waals surface area contributed by atoms with Crippen LogP contribution < -0.4 is 9.46 Å². The predicted octanol–water partition coefficient (Wildman–Crippen LogP) is 2.78. The lowest BCUT2D eigenvalue weighted by atomic mass is 10.2. The third kappa shape index (κ3) is 5.45. The molecule has 0 aromatic heterocycles. The standard InChI is InChI=1S/C16H13FN2O6S/c17-11-4-5-13(14(7-11)25-8-15(20)21)16(22)18-26-9-10-2-1-3-12(6-10)19(23)24/h1-7H,8-9H2,(H,18,22)(H,20,21). The molecule has 2 aromatic carbocycles. The molecule has 0 heterocycles. The number of non-ortho nitro benzene ring substituents is 1. The van der Waals surface area contributed by atoms with Gasteiger partial charge in [-0.05, 0) is 29.6 Å². The highest BCUT2D eigenvalue weighted by Crippen LogP contribution is 2.22. The summed E-state index contributed by atoms with van der Waals surface area (Å²) in [5.41, 5.74) is 0.544. The summed E-state index contributed by atoms with van der Waals surface area (Å²) in [5, 5.41) is 19.4. The summed E-state index contributed by atoms with van der Waals surface area (Å²) in [5.74, 6) is -2.48. The number of aliphatic carboxylic acids is 1. The molecule has 0 radical (unpaired) electrons. The van der Waals surface area contributed by atoms with Crippen molar-refractivity contribution >= 4 is 29.5 Å². The molecule has 0 atom stereocenters. The van der Waals surface area contributed by atoms with Gasteiger partial charge in [0.15, 0.2) is 6.61 Å². The number of nitro benzene ring substituents is 1. The number of nitrogens with one attached hydrogen (secondary N) is 1. The number of rotatable bonds is 8. The van der Waals surface area contributed by atoms with E-state index >= 15 is 0 Å². The summed E-state index contributed by atoms with van der Waals surface area (Å²) in [4.78, 5) is 33.0. The highest BCUT2D eigenvalue weighted by atomic mass is 32.2. The average Bonchev–Trinajstić information content (AvgIpc) is 2.60. The van der Waals surface area contributed by atoms with Crippen molar-refractivity contribution < 1.29 is 28.7 Å². The minimum absolute atomic E-state index is 0.0285. The van der Waals surface area contributed by atoms with E-state index < -0.39 is 29.2 Å². The molecule has 136 valence electrons. The number of ether oxygens (including phenoxy) is 1. The Morgan fingerprint density at radius 1 is 1.27 bits per heavy atom. The number of hydrogen-bond acceptors (Lipinski definition) is 6. The largest absolute Gasteiger partial charge is 0.481 e. The molecule has 0 saturated heterocycles. The molecule has 2 rings (SSSR count). The maximum Gasteiger partial charge on any atom is 0.341 e. The Hall–Kier alpha value is -3.14. The minimum Gasteiger partial charge on any atom is -0.481 e. The smallest absolute Gasteiger partial charge is 0.341 e. The molecule has 0 aliphatic heterocycles. The summed E-state index contributed by atoms with van der Waals surface area (Å²) in [7, 11) is 0. The van der Waals surface area contributed by atoms with E-state index in [2.05, 4.69) is 4.72 Å². The molecule has 0 saturated carbocycles. The molecular weight excluding hydrogens is 367 g/mol. The van der Waals surface area contributed by atoms with Gasteiger partial charge in [-0.15, -0.1) is 0 Å². The lowest BCUT2D eigenvalue weighted by molar-refractivity contribution is -0.384. The zero-order valence-electron chi connectivity index (χ0n) is 13.2. The molecule has 26 heavy (non-hydrogen) atoms. The van der Waals surface area contributed by atoms with Crippen molar-refractivity contribution in [2.45, 2.75) is 5.75 Å². The first-order valence-corrected chi connectivity index (χ1v) is 8.15. The second kappa shape index (κ2) is 8.81. The minimum atomic E-state index is -1.26. The van der Waals surface area contributed by atoms with Crippen molar-refractivity contribution in [2.75, 3.05) is 6.61 Å². The van der Waals surface area contributed by atoms with E-state index in [4.69, 9.17) is 9.84 Å². The summed E-state index contributed by atoms with van der Waals surface area (Å²) in [6.07, 6.45) is 0. The van der Waals surface area contributed by atoms with Gasteiger partial charge in [-0.25, -0.2) is 9.18 Å². The third-order valence-corrected chi connectivity index (χ3v) is 3.87. The molecule has 2 N–H and O–H groups in total. The summed E-state index contributed by atoms with van der Waals surface area (Å²) in [6.45, 7) is -0.718. The Balaban J connectivity index is 2.00. The van der Waals surface area contributed by atoms with Crippen LogP contribution in [0.1, 0.15) is 15.9 Å². The number of hydrogen-bond donors (Lipinski definition) is 2. The van der Waals surface area contributed by atoms with Gasteiger partial charge in [0.2, 0.25) is 0 Å². The number of carbonyl (C=O) groups is 2. The first kappa shape index (κ1) is 19.2. The number of carboxylic acid groups (broad SMARTS) is 1. The molecule has 0 unspecified atom stereocenters. The molecule has 0 bridgehead atoms. The van der Waals surface area contributed by atoms with Crippen LogP contribution in [0.25, 0.3) is 0 Å². The van der Waals surface area contributed by atoms with Crippen LogP contribution in [-0.2, 0) is 10.5 Å². The highest BCUT2D eigenvalue weighted by molar-refractivity contribution is 7.97. The first-order chi connectivity index (χ1) is 12.4. The highest BCUT2D eigenvalue weighted by Gasteiger charge is 2.15. The van der Waals surface area contributed by atoms with Crippen LogP contribution in [0.15, 0.2) is 42.5 Å². The van der Waals surface area contributed by atoms with Gasteiger partial charge in [-0.2, -0.15) is 0 Å². The zero-order valence-corrected chi connectivity index (χ0v) is 14.0. The number of nitrogens with zero attached hydrogens (tertiary/aromatic N) is 1.